The van der Waals surface area contributed by atoms with Crippen molar-refractivity contribution in [3.8, 4) is 0 Å². The quantitative estimate of drug-likeness (QED) is 0.755. The molecule has 4 atom stereocenters. The molecule has 1 aromatic heterocycles. The van der Waals surface area contributed by atoms with Crippen LogP contribution in [0, 0.1) is 11.8 Å². The summed E-state index contributed by atoms with van der Waals surface area (Å²) >= 11 is 0. The maximum Gasteiger partial charge on any atom is 0.416 e. The minimum atomic E-state index is -4.42. The maximum atomic E-state index is 12.9. The predicted octanol–water partition coefficient (Wildman–Crippen LogP) is 2.62. The monoisotopic (exact) mass is 391 g/mol. The van der Waals surface area contributed by atoms with E-state index in [2.05, 4.69) is 5.10 Å². The Balaban J connectivity index is 1.37. The van der Waals surface area contributed by atoms with Crippen LogP contribution in [0.3, 0.4) is 0 Å². The van der Waals surface area contributed by atoms with E-state index in [9.17, 15) is 22.8 Å². The molecule has 28 heavy (non-hydrogen) atoms. The minimum Gasteiger partial charge on any atom is -0.373 e. The minimum absolute atomic E-state index is 0.0986. The van der Waals surface area contributed by atoms with Crippen molar-refractivity contribution in [2.45, 2.75) is 37.8 Å². The van der Waals surface area contributed by atoms with Crippen molar-refractivity contribution in [1.29, 1.82) is 0 Å². The van der Waals surface area contributed by atoms with Crippen LogP contribution in [0.5, 0.6) is 0 Å². The van der Waals surface area contributed by atoms with Gasteiger partial charge in [0.1, 0.15) is 0 Å². The van der Waals surface area contributed by atoms with E-state index in [4.69, 9.17) is 4.74 Å². The Labute approximate surface area is 157 Å². The third-order valence-electron chi connectivity index (χ3n) is 5.76. The largest absolute Gasteiger partial charge is 0.416 e. The molecule has 0 spiro atoms. The number of aromatic nitrogens is 2. The summed E-state index contributed by atoms with van der Waals surface area (Å²) in [5.41, 5.74) is 0.0354. The molecule has 2 bridgehead atoms. The second-order valence-corrected chi connectivity index (χ2v) is 7.45. The summed E-state index contributed by atoms with van der Waals surface area (Å²) in [5.74, 6) is -1.42. The number of benzene rings is 1. The Morgan fingerprint density at radius 3 is 2.43 bits per heavy atom. The van der Waals surface area contributed by atoms with E-state index in [0.29, 0.717) is 11.3 Å². The number of anilines is 1. The van der Waals surface area contributed by atoms with E-state index >= 15 is 0 Å². The highest BCUT2D eigenvalue weighted by Gasteiger charge is 2.62. The SMILES string of the molecule is O=C1[C@@H]2[C@H](C(=O)N1c1cnn(Cc3cccc(C(F)(F)F)c3)c1)[C@H]1CC[C@H]2O1. The lowest BCUT2D eigenvalue weighted by Crippen LogP contribution is -2.34. The fourth-order valence-electron chi connectivity index (χ4n) is 4.55. The fourth-order valence-corrected chi connectivity index (χ4v) is 4.55. The lowest BCUT2D eigenvalue weighted by Gasteiger charge is -2.15. The van der Waals surface area contributed by atoms with Crippen LogP contribution in [0.4, 0.5) is 18.9 Å². The first-order valence-electron chi connectivity index (χ1n) is 9.05. The number of carbonyl (C=O) groups excluding carboxylic acids is 2. The average Bonchev–Trinajstić information content (AvgIpc) is 3.40. The zero-order chi connectivity index (χ0) is 19.6. The Kier molecular flexibility index (Phi) is 3.67. The summed E-state index contributed by atoms with van der Waals surface area (Å²) in [6, 6.07) is 4.98. The molecule has 6 nitrogen and oxygen atoms in total. The van der Waals surface area contributed by atoms with Gasteiger partial charge in [-0.1, -0.05) is 12.1 Å². The number of amides is 2. The van der Waals surface area contributed by atoms with Crippen molar-refractivity contribution in [2.24, 2.45) is 11.8 Å². The van der Waals surface area contributed by atoms with Crippen molar-refractivity contribution in [1.82, 2.24) is 9.78 Å². The predicted molar refractivity (Wildman–Crippen MR) is 90.1 cm³/mol. The van der Waals surface area contributed by atoms with Gasteiger partial charge in [-0.15, -0.1) is 0 Å². The highest BCUT2D eigenvalue weighted by Crippen LogP contribution is 2.49. The van der Waals surface area contributed by atoms with E-state index in [1.807, 2.05) is 0 Å². The number of imide groups is 1. The van der Waals surface area contributed by atoms with Crippen LogP contribution in [-0.4, -0.2) is 33.8 Å². The number of alkyl halides is 3. The van der Waals surface area contributed by atoms with Crippen molar-refractivity contribution in [2.75, 3.05) is 4.90 Å². The van der Waals surface area contributed by atoms with Gasteiger partial charge in [0.25, 0.3) is 0 Å². The molecule has 0 N–H and O–H groups in total. The number of carbonyl (C=O) groups is 2. The van der Waals surface area contributed by atoms with Crippen LogP contribution in [-0.2, 0) is 27.0 Å². The number of nitrogens with zero attached hydrogens (tertiary/aromatic N) is 3. The average molecular weight is 391 g/mol. The molecule has 4 heterocycles. The molecular weight excluding hydrogens is 375 g/mol. The van der Waals surface area contributed by atoms with Gasteiger partial charge in [0.2, 0.25) is 11.8 Å². The van der Waals surface area contributed by atoms with E-state index < -0.39 is 23.6 Å². The number of halogens is 3. The smallest absolute Gasteiger partial charge is 0.373 e. The number of ether oxygens (including phenoxy) is 1. The molecule has 0 saturated carbocycles. The highest BCUT2D eigenvalue weighted by molar-refractivity contribution is 6.22. The first kappa shape index (κ1) is 17.4. The second-order valence-electron chi connectivity index (χ2n) is 7.45. The van der Waals surface area contributed by atoms with E-state index in [-0.39, 0.29) is 30.6 Å². The van der Waals surface area contributed by atoms with Crippen LogP contribution in [0.2, 0.25) is 0 Å². The van der Waals surface area contributed by atoms with Gasteiger partial charge in [0.05, 0.1) is 48.0 Å². The first-order valence-corrected chi connectivity index (χ1v) is 9.05. The molecule has 3 aliphatic heterocycles. The third-order valence-corrected chi connectivity index (χ3v) is 5.76. The highest BCUT2D eigenvalue weighted by atomic mass is 19.4. The zero-order valence-electron chi connectivity index (χ0n) is 14.6. The molecule has 5 rings (SSSR count). The molecule has 2 aromatic rings. The van der Waals surface area contributed by atoms with Gasteiger partial charge in [0.15, 0.2) is 0 Å². The summed E-state index contributed by atoms with van der Waals surface area (Å²) in [7, 11) is 0. The normalized spacial score (nSPS) is 29.0. The molecule has 0 unspecified atom stereocenters. The molecule has 3 aliphatic rings. The van der Waals surface area contributed by atoms with Crippen LogP contribution in [0.25, 0.3) is 0 Å². The number of rotatable bonds is 3. The fraction of sp³-hybridized carbons (Fsp3) is 0.421. The molecular formula is C19H16F3N3O3. The Morgan fingerprint density at radius 1 is 1.11 bits per heavy atom. The molecule has 146 valence electrons. The standard InChI is InChI=1S/C19H16F3N3O3/c20-19(21,22)11-3-1-2-10(6-11)8-24-9-12(7-23-24)25-17(26)15-13-4-5-14(28-13)16(15)18(25)27/h1-3,6-7,9,13-16H,4-5,8H2/t13-,14-,15-,16+/m1/s1. The lowest BCUT2D eigenvalue weighted by molar-refractivity contribution is -0.137. The summed E-state index contributed by atoms with van der Waals surface area (Å²) < 4.78 is 45.7. The van der Waals surface area contributed by atoms with Crippen molar-refractivity contribution < 1.29 is 27.5 Å². The molecule has 3 saturated heterocycles. The molecule has 0 aliphatic carbocycles. The zero-order valence-corrected chi connectivity index (χ0v) is 14.6. The summed E-state index contributed by atoms with van der Waals surface area (Å²) in [4.78, 5) is 26.7. The maximum absolute atomic E-state index is 12.9. The third kappa shape index (κ3) is 2.56. The molecule has 2 amide bonds. The van der Waals surface area contributed by atoms with Gasteiger partial charge in [-0.2, -0.15) is 18.3 Å². The van der Waals surface area contributed by atoms with Crippen LogP contribution < -0.4 is 4.90 Å². The van der Waals surface area contributed by atoms with Crippen molar-refractivity contribution in [3.05, 3.63) is 47.8 Å². The second kappa shape index (κ2) is 5.91. The van der Waals surface area contributed by atoms with Gasteiger partial charge in [-0.25, -0.2) is 4.90 Å². The van der Waals surface area contributed by atoms with Crippen LogP contribution >= 0.6 is 0 Å². The summed E-state index contributed by atoms with van der Waals surface area (Å²) in [6.45, 7) is 0.0986. The summed E-state index contributed by atoms with van der Waals surface area (Å²) in [5, 5.41) is 4.12. The molecule has 0 radical (unpaired) electrons. The topological polar surface area (TPSA) is 64.4 Å². The van der Waals surface area contributed by atoms with E-state index in [1.165, 1.54) is 23.1 Å². The Morgan fingerprint density at radius 2 is 1.79 bits per heavy atom. The van der Waals surface area contributed by atoms with Gasteiger partial charge < -0.3 is 4.74 Å². The summed E-state index contributed by atoms with van der Waals surface area (Å²) in [6.07, 6.45) is -0.333. The Hall–Kier alpha value is -2.68. The van der Waals surface area contributed by atoms with Crippen molar-refractivity contribution >= 4 is 17.5 Å². The number of fused-ring (bicyclic) bond motifs is 5. The van der Waals surface area contributed by atoms with Crippen molar-refractivity contribution in [3.63, 3.8) is 0 Å². The van der Waals surface area contributed by atoms with Crippen LogP contribution in [0.15, 0.2) is 36.7 Å². The van der Waals surface area contributed by atoms with Crippen LogP contribution in [0.1, 0.15) is 24.0 Å². The first-order chi connectivity index (χ1) is 13.3. The number of hydrogen-bond donors (Lipinski definition) is 0. The van der Waals surface area contributed by atoms with E-state index in [1.54, 1.807) is 6.07 Å². The van der Waals surface area contributed by atoms with Gasteiger partial charge in [-0.05, 0) is 30.5 Å². The van der Waals surface area contributed by atoms with Gasteiger partial charge in [0, 0.05) is 6.20 Å². The molecule has 1 aromatic carbocycles. The lowest BCUT2D eigenvalue weighted by atomic mass is 9.81. The number of hydrogen-bond acceptors (Lipinski definition) is 4. The Bertz CT molecular complexity index is 943. The van der Waals surface area contributed by atoms with E-state index in [0.717, 1.165) is 29.9 Å². The molecule has 9 heteroatoms. The van der Waals surface area contributed by atoms with Gasteiger partial charge in [-0.3, -0.25) is 14.3 Å². The molecule has 3 fully saturated rings. The van der Waals surface area contributed by atoms with Gasteiger partial charge >= 0.3 is 6.18 Å².